The molecule has 2 aliphatic heterocycles. The number of carboxylic acids is 1. The fourth-order valence-corrected chi connectivity index (χ4v) is 6.42. The number of hydrogen-bond acceptors (Lipinski definition) is 6. The summed E-state index contributed by atoms with van der Waals surface area (Å²) in [5.41, 5.74) is 4.95. The van der Waals surface area contributed by atoms with E-state index in [2.05, 4.69) is 17.4 Å². The molecule has 43 heavy (non-hydrogen) atoms. The minimum absolute atomic E-state index is 0.109. The summed E-state index contributed by atoms with van der Waals surface area (Å²) < 4.78 is 32.6. The van der Waals surface area contributed by atoms with Crippen LogP contribution in [0.1, 0.15) is 60.5 Å². The van der Waals surface area contributed by atoms with E-state index in [9.17, 15) is 14.7 Å². The van der Waals surface area contributed by atoms with Crippen molar-refractivity contribution in [3.05, 3.63) is 82.2 Å². The van der Waals surface area contributed by atoms with Crippen molar-refractivity contribution in [2.75, 3.05) is 38.2 Å². The van der Waals surface area contributed by atoms with Crippen molar-refractivity contribution >= 4 is 17.6 Å². The number of anilines is 1. The van der Waals surface area contributed by atoms with Crippen LogP contribution >= 0.6 is 0 Å². The molecule has 0 bridgehead atoms. The van der Waals surface area contributed by atoms with Gasteiger partial charge in [-0.1, -0.05) is 43.7 Å². The third-order valence-electron chi connectivity index (χ3n) is 8.30. The topological polar surface area (TPSA) is 97.3 Å². The van der Waals surface area contributed by atoms with Crippen LogP contribution in [0.2, 0.25) is 0 Å². The van der Waals surface area contributed by atoms with E-state index in [0.29, 0.717) is 37.1 Å². The zero-order chi connectivity index (χ0) is 30.7. The number of fused-ring (bicyclic) bond motifs is 1. The number of rotatable bonds is 10. The van der Waals surface area contributed by atoms with Gasteiger partial charge in [0.1, 0.15) is 24.8 Å². The number of likely N-dealkylation sites (tertiary alicyclic amines) is 1. The highest BCUT2D eigenvalue weighted by Gasteiger charge is 2.49. The first-order valence-corrected chi connectivity index (χ1v) is 14.9. The van der Waals surface area contributed by atoms with Gasteiger partial charge in [-0.2, -0.15) is 0 Å². The molecule has 2 aliphatic rings. The van der Waals surface area contributed by atoms with E-state index in [1.165, 1.54) is 6.07 Å². The summed E-state index contributed by atoms with van der Waals surface area (Å²) >= 11 is 0. The van der Waals surface area contributed by atoms with E-state index in [0.717, 1.165) is 40.8 Å². The number of carboxylic acid groups (broad SMARTS) is 1. The van der Waals surface area contributed by atoms with Crippen molar-refractivity contribution in [3.8, 4) is 17.2 Å². The molecule has 3 atom stereocenters. The van der Waals surface area contributed by atoms with Crippen LogP contribution in [-0.2, 0) is 22.4 Å². The van der Waals surface area contributed by atoms with E-state index < -0.39 is 29.7 Å². The van der Waals surface area contributed by atoms with E-state index in [-0.39, 0.29) is 24.6 Å². The number of aliphatic carboxylic acids is 1. The van der Waals surface area contributed by atoms with Crippen LogP contribution in [0, 0.1) is 18.7 Å². The van der Waals surface area contributed by atoms with E-state index in [1.54, 1.807) is 29.2 Å². The molecule has 3 aromatic carbocycles. The van der Waals surface area contributed by atoms with Gasteiger partial charge in [0.25, 0.3) is 0 Å². The Morgan fingerprint density at radius 1 is 1.00 bits per heavy atom. The highest BCUT2D eigenvalue weighted by atomic mass is 19.1. The number of amides is 1. The normalized spacial score (nSPS) is 19.7. The van der Waals surface area contributed by atoms with Gasteiger partial charge in [-0.3, -0.25) is 14.5 Å². The average molecular weight is 591 g/mol. The summed E-state index contributed by atoms with van der Waals surface area (Å²) in [5.74, 6) is -1.98. The molecule has 1 unspecified atom stereocenters. The first kappa shape index (κ1) is 30.4. The van der Waals surface area contributed by atoms with Crippen molar-refractivity contribution in [1.82, 2.24) is 4.90 Å². The maximum Gasteiger partial charge on any atom is 0.309 e. The molecule has 5 rings (SSSR count). The predicted octanol–water partition coefficient (Wildman–Crippen LogP) is 5.91. The Bertz CT molecular complexity index is 1480. The Morgan fingerprint density at radius 3 is 2.33 bits per heavy atom. The van der Waals surface area contributed by atoms with Crippen molar-refractivity contribution in [1.29, 1.82) is 0 Å². The van der Waals surface area contributed by atoms with Crippen LogP contribution in [-0.4, -0.2) is 54.8 Å². The highest BCUT2D eigenvalue weighted by Crippen LogP contribution is 2.48. The highest BCUT2D eigenvalue weighted by molar-refractivity contribution is 5.94. The molecular weight excluding hydrogens is 551 g/mol. The van der Waals surface area contributed by atoms with Crippen LogP contribution in [0.25, 0.3) is 0 Å². The minimum Gasteiger partial charge on any atom is -0.494 e. The first-order valence-electron chi connectivity index (χ1n) is 14.9. The first-order chi connectivity index (χ1) is 20.7. The number of aryl methyl sites for hydroxylation is 3. The lowest BCUT2D eigenvalue weighted by molar-refractivity contribution is -0.143. The fourth-order valence-electron chi connectivity index (χ4n) is 6.42. The lowest BCUT2D eigenvalue weighted by atomic mass is 9.82. The minimum atomic E-state index is -1.07. The molecular formula is C34H39FN2O6. The van der Waals surface area contributed by atoms with Crippen LogP contribution in [0.4, 0.5) is 10.1 Å². The predicted molar refractivity (Wildman–Crippen MR) is 162 cm³/mol. The number of nitrogens with zero attached hydrogens (tertiary/aromatic N) is 1. The smallest absolute Gasteiger partial charge is 0.309 e. The van der Waals surface area contributed by atoms with Crippen molar-refractivity contribution in [2.24, 2.45) is 5.92 Å². The van der Waals surface area contributed by atoms with Crippen LogP contribution in [0.3, 0.4) is 0 Å². The number of carbonyl (C=O) groups is 2. The molecule has 0 aliphatic carbocycles. The Balaban J connectivity index is 1.52. The molecule has 0 radical (unpaired) electrons. The second-order valence-corrected chi connectivity index (χ2v) is 11.1. The number of benzene rings is 3. The monoisotopic (exact) mass is 590 g/mol. The van der Waals surface area contributed by atoms with Crippen molar-refractivity contribution < 1.29 is 33.3 Å². The molecule has 0 saturated carbocycles. The number of hydrogen-bond donors (Lipinski definition) is 2. The summed E-state index contributed by atoms with van der Waals surface area (Å²) in [4.78, 5) is 28.4. The van der Waals surface area contributed by atoms with E-state index in [1.807, 2.05) is 33.8 Å². The van der Waals surface area contributed by atoms with Gasteiger partial charge in [-0.15, -0.1) is 0 Å². The van der Waals surface area contributed by atoms with Gasteiger partial charge in [-0.25, -0.2) is 4.39 Å². The summed E-state index contributed by atoms with van der Waals surface area (Å²) in [7, 11) is 0. The zero-order valence-corrected chi connectivity index (χ0v) is 25.1. The number of nitrogens with one attached hydrogen (secondary N) is 1. The maximum absolute atomic E-state index is 15.7. The van der Waals surface area contributed by atoms with E-state index >= 15 is 4.39 Å². The molecule has 1 fully saturated rings. The summed E-state index contributed by atoms with van der Waals surface area (Å²) in [6.45, 7) is 9.27. The Morgan fingerprint density at radius 2 is 1.70 bits per heavy atom. The Hall–Kier alpha value is -4.11. The molecule has 3 aromatic rings. The summed E-state index contributed by atoms with van der Waals surface area (Å²) in [6.07, 6.45) is 1.50. The molecule has 1 saturated heterocycles. The second kappa shape index (κ2) is 13.0. The molecule has 2 N–H and O–H groups in total. The molecule has 228 valence electrons. The fraction of sp³-hybridized carbons (Fsp3) is 0.412. The van der Waals surface area contributed by atoms with Gasteiger partial charge in [0, 0.05) is 29.8 Å². The molecule has 2 heterocycles. The third kappa shape index (κ3) is 6.32. The van der Waals surface area contributed by atoms with Gasteiger partial charge in [0.05, 0.1) is 25.1 Å². The lowest BCUT2D eigenvalue weighted by Gasteiger charge is -2.28. The number of halogens is 1. The average Bonchev–Trinajstić information content (AvgIpc) is 3.36. The quantitative estimate of drug-likeness (QED) is 0.303. The van der Waals surface area contributed by atoms with Gasteiger partial charge in [-0.05, 0) is 61.6 Å². The number of carbonyl (C=O) groups excluding carboxylic acids is 1. The van der Waals surface area contributed by atoms with Gasteiger partial charge < -0.3 is 24.6 Å². The van der Waals surface area contributed by atoms with Crippen molar-refractivity contribution in [2.45, 2.75) is 52.5 Å². The van der Waals surface area contributed by atoms with Crippen LogP contribution < -0.4 is 19.5 Å². The van der Waals surface area contributed by atoms with Crippen molar-refractivity contribution in [3.63, 3.8) is 0 Å². The van der Waals surface area contributed by atoms with Gasteiger partial charge >= 0.3 is 5.97 Å². The van der Waals surface area contributed by atoms with E-state index in [4.69, 9.17) is 14.2 Å². The lowest BCUT2D eigenvalue weighted by Crippen LogP contribution is -2.36. The maximum atomic E-state index is 15.7. The Labute approximate surface area is 251 Å². The molecule has 0 spiro atoms. The second-order valence-electron chi connectivity index (χ2n) is 11.1. The molecule has 1 amide bonds. The molecule has 9 heteroatoms. The Kier molecular flexibility index (Phi) is 9.20. The van der Waals surface area contributed by atoms with Gasteiger partial charge in [0.15, 0.2) is 11.5 Å². The standard InChI is InChI=1S/C34H39FN2O6/c1-5-21-14-20(4)15-22(6-2)32(21)36-30(38)19-37-18-26(23-8-11-28-29(16-23)43-13-12-42-28)31(34(39)40)33(37)25-10-9-24(41-7-3)17-27(25)35/h8-11,14-17,26,31,33H,5-7,12-13,18-19H2,1-4H3,(H,36,38)(H,39,40)/t26-,31?,33+/m1/s1. The van der Waals surface area contributed by atoms with Crippen LogP contribution in [0.15, 0.2) is 48.5 Å². The zero-order valence-electron chi connectivity index (χ0n) is 25.1. The molecule has 0 aromatic heterocycles. The summed E-state index contributed by atoms with van der Waals surface area (Å²) in [6, 6.07) is 13.1. The van der Waals surface area contributed by atoms with Crippen LogP contribution in [0.5, 0.6) is 17.2 Å². The summed E-state index contributed by atoms with van der Waals surface area (Å²) in [5, 5.41) is 13.7. The third-order valence-corrected chi connectivity index (χ3v) is 8.30. The van der Waals surface area contributed by atoms with Gasteiger partial charge in [0.2, 0.25) is 5.91 Å². The molecule has 8 nitrogen and oxygen atoms in total. The number of ether oxygens (including phenoxy) is 3. The largest absolute Gasteiger partial charge is 0.494 e. The SMILES string of the molecule is CCOc1ccc([C@H]2C(C(=O)O)[C@@H](c3ccc4c(c3)OCCO4)CN2CC(=O)Nc2c(CC)cc(C)cc2CC)c(F)c1.